The number of rotatable bonds is 8. The third-order valence-corrected chi connectivity index (χ3v) is 4.33. The molecule has 7 heteroatoms. The second-order valence-corrected chi connectivity index (χ2v) is 6.52. The maximum atomic E-state index is 12.1. The maximum Gasteiger partial charge on any atom is 0.226 e. The van der Waals surface area contributed by atoms with E-state index in [9.17, 15) is 4.79 Å². The van der Waals surface area contributed by atoms with E-state index in [4.69, 9.17) is 8.94 Å². The molecule has 3 heterocycles. The standard InChI is InChI=1S/C17H19N3O3S/c1-13-10-16(19-23-13)18-17(21)6-7-20(11-14-4-2-8-22-14)12-15-5-3-9-24-15/h2-5,8-10H,6-7,11-12H2,1H3,(H,18,19,21). The molecule has 6 nitrogen and oxygen atoms in total. The Labute approximate surface area is 144 Å². The van der Waals surface area contributed by atoms with Gasteiger partial charge in [-0.25, -0.2) is 0 Å². The first-order valence-electron chi connectivity index (χ1n) is 7.69. The number of carbonyl (C=O) groups excluding carboxylic acids is 1. The van der Waals surface area contributed by atoms with Crippen LogP contribution in [0.1, 0.15) is 22.8 Å². The van der Waals surface area contributed by atoms with Crippen molar-refractivity contribution in [2.45, 2.75) is 26.4 Å². The summed E-state index contributed by atoms with van der Waals surface area (Å²) in [6, 6.07) is 9.64. The summed E-state index contributed by atoms with van der Waals surface area (Å²) in [7, 11) is 0. The highest BCUT2D eigenvalue weighted by Crippen LogP contribution is 2.15. The maximum absolute atomic E-state index is 12.1. The Morgan fingerprint density at radius 2 is 2.25 bits per heavy atom. The highest BCUT2D eigenvalue weighted by molar-refractivity contribution is 7.09. The lowest BCUT2D eigenvalue weighted by Crippen LogP contribution is -2.27. The van der Waals surface area contributed by atoms with Crippen LogP contribution in [0.4, 0.5) is 5.82 Å². The van der Waals surface area contributed by atoms with Gasteiger partial charge >= 0.3 is 0 Å². The zero-order chi connectivity index (χ0) is 16.8. The molecule has 3 aromatic rings. The van der Waals surface area contributed by atoms with E-state index in [-0.39, 0.29) is 5.91 Å². The molecule has 3 rings (SSSR count). The van der Waals surface area contributed by atoms with Gasteiger partial charge in [-0.3, -0.25) is 9.69 Å². The van der Waals surface area contributed by atoms with E-state index < -0.39 is 0 Å². The van der Waals surface area contributed by atoms with Crippen LogP contribution >= 0.6 is 11.3 Å². The Kier molecular flexibility index (Phi) is 5.45. The number of anilines is 1. The van der Waals surface area contributed by atoms with E-state index in [1.807, 2.05) is 18.2 Å². The van der Waals surface area contributed by atoms with Crippen molar-refractivity contribution in [3.63, 3.8) is 0 Å². The summed E-state index contributed by atoms with van der Waals surface area (Å²) in [4.78, 5) is 15.5. The molecular formula is C17H19N3O3S. The van der Waals surface area contributed by atoms with Gasteiger partial charge in [-0.05, 0) is 30.5 Å². The summed E-state index contributed by atoms with van der Waals surface area (Å²) in [6.45, 7) is 3.87. The van der Waals surface area contributed by atoms with Crippen LogP contribution in [-0.2, 0) is 17.9 Å². The minimum absolute atomic E-state index is 0.0843. The third kappa shape index (κ3) is 4.81. The average molecular weight is 345 g/mol. The Bertz CT molecular complexity index is 714. The zero-order valence-electron chi connectivity index (χ0n) is 13.4. The largest absolute Gasteiger partial charge is 0.468 e. The van der Waals surface area contributed by atoms with E-state index in [0.29, 0.717) is 31.1 Å². The normalized spacial score (nSPS) is 11.1. The number of thiophene rings is 1. The molecule has 0 atom stereocenters. The molecule has 0 aliphatic heterocycles. The van der Waals surface area contributed by atoms with E-state index in [1.165, 1.54) is 4.88 Å². The second kappa shape index (κ2) is 7.94. The fraction of sp³-hybridized carbons (Fsp3) is 0.294. The summed E-state index contributed by atoms with van der Waals surface area (Å²) < 4.78 is 10.4. The van der Waals surface area contributed by atoms with Crippen LogP contribution in [0.15, 0.2) is 50.9 Å². The minimum atomic E-state index is -0.0843. The Morgan fingerprint density at radius 1 is 1.33 bits per heavy atom. The molecular weight excluding hydrogens is 326 g/mol. The number of aryl methyl sites for hydroxylation is 1. The predicted octanol–water partition coefficient (Wildman–Crippen LogP) is 3.67. The molecule has 0 radical (unpaired) electrons. The number of nitrogens with zero attached hydrogens (tertiary/aromatic N) is 2. The number of aromatic nitrogens is 1. The van der Waals surface area contributed by atoms with Crippen molar-refractivity contribution in [2.24, 2.45) is 0 Å². The molecule has 1 amide bonds. The first-order chi connectivity index (χ1) is 11.7. The van der Waals surface area contributed by atoms with Crippen molar-refractivity contribution < 1.29 is 13.7 Å². The number of hydrogen-bond donors (Lipinski definition) is 1. The van der Waals surface area contributed by atoms with Crippen molar-refractivity contribution >= 4 is 23.1 Å². The van der Waals surface area contributed by atoms with Crippen molar-refractivity contribution in [1.82, 2.24) is 10.1 Å². The molecule has 0 spiro atoms. The average Bonchev–Trinajstić information content (AvgIpc) is 3.29. The molecule has 126 valence electrons. The second-order valence-electron chi connectivity index (χ2n) is 5.49. The SMILES string of the molecule is Cc1cc(NC(=O)CCN(Cc2ccco2)Cc2cccs2)no1. The van der Waals surface area contributed by atoms with E-state index in [1.54, 1.807) is 30.6 Å². The molecule has 0 aliphatic rings. The number of carbonyl (C=O) groups is 1. The van der Waals surface area contributed by atoms with E-state index in [2.05, 4.69) is 26.8 Å². The molecule has 24 heavy (non-hydrogen) atoms. The van der Waals surface area contributed by atoms with Gasteiger partial charge in [0.1, 0.15) is 11.5 Å². The van der Waals surface area contributed by atoms with Crippen molar-refractivity contribution in [3.05, 3.63) is 58.4 Å². The third-order valence-electron chi connectivity index (χ3n) is 3.47. The number of hydrogen-bond acceptors (Lipinski definition) is 6. The van der Waals surface area contributed by atoms with E-state index >= 15 is 0 Å². The van der Waals surface area contributed by atoms with Gasteiger partial charge in [-0.15, -0.1) is 11.3 Å². The molecule has 3 aromatic heterocycles. The smallest absolute Gasteiger partial charge is 0.226 e. The van der Waals surface area contributed by atoms with Crippen LogP contribution in [0.2, 0.25) is 0 Å². The zero-order valence-corrected chi connectivity index (χ0v) is 14.2. The van der Waals surface area contributed by atoms with Gasteiger partial charge in [0.25, 0.3) is 0 Å². The highest BCUT2D eigenvalue weighted by atomic mass is 32.1. The molecule has 0 unspecified atom stereocenters. The fourth-order valence-electron chi connectivity index (χ4n) is 2.35. The monoisotopic (exact) mass is 345 g/mol. The van der Waals surface area contributed by atoms with Crippen LogP contribution in [0.5, 0.6) is 0 Å². The van der Waals surface area contributed by atoms with Crippen LogP contribution < -0.4 is 5.32 Å². The highest BCUT2D eigenvalue weighted by Gasteiger charge is 2.13. The van der Waals surface area contributed by atoms with Gasteiger partial charge in [-0.2, -0.15) is 0 Å². The number of furan rings is 1. The summed E-state index contributed by atoms with van der Waals surface area (Å²) in [5, 5.41) is 8.57. The molecule has 0 aliphatic carbocycles. The molecule has 0 bridgehead atoms. The minimum Gasteiger partial charge on any atom is -0.468 e. The van der Waals surface area contributed by atoms with Gasteiger partial charge in [0.05, 0.1) is 12.8 Å². The van der Waals surface area contributed by atoms with Crippen molar-refractivity contribution in [3.8, 4) is 0 Å². The molecule has 0 saturated heterocycles. The quantitative estimate of drug-likeness (QED) is 0.674. The topological polar surface area (TPSA) is 71.5 Å². The predicted molar refractivity (Wildman–Crippen MR) is 91.6 cm³/mol. The lowest BCUT2D eigenvalue weighted by Gasteiger charge is -2.20. The van der Waals surface area contributed by atoms with Gasteiger partial charge in [0.15, 0.2) is 5.82 Å². The van der Waals surface area contributed by atoms with Crippen LogP contribution in [0.3, 0.4) is 0 Å². The molecule has 0 fully saturated rings. The van der Waals surface area contributed by atoms with Crippen LogP contribution in [0, 0.1) is 6.92 Å². The van der Waals surface area contributed by atoms with Crippen molar-refractivity contribution in [2.75, 3.05) is 11.9 Å². The van der Waals surface area contributed by atoms with Gasteiger partial charge < -0.3 is 14.3 Å². The summed E-state index contributed by atoms with van der Waals surface area (Å²) >= 11 is 1.71. The lowest BCUT2D eigenvalue weighted by atomic mass is 10.3. The Morgan fingerprint density at radius 3 is 2.92 bits per heavy atom. The lowest BCUT2D eigenvalue weighted by molar-refractivity contribution is -0.116. The summed E-state index contributed by atoms with van der Waals surface area (Å²) in [6.07, 6.45) is 2.04. The molecule has 0 aromatic carbocycles. The molecule has 0 saturated carbocycles. The first kappa shape index (κ1) is 16.5. The number of amides is 1. The summed E-state index contributed by atoms with van der Waals surface area (Å²) in [5.74, 6) is 1.92. The summed E-state index contributed by atoms with van der Waals surface area (Å²) in [5.41, 5.74) is 0. The fourth-order valence-corrected chi connectivity index (χ4v) is 3.10. The van der Waals surface area contributed by atoms with Gasteiger partial charge in [0.2, 0.25) is 5.91 Å². The van der Waals surface area contributed by atoms with Crippen LogP contribution in [-0.4, -0.2) is 22.5 Å². The Balaban J connectivity index is 1.55. The Hall–Kier alpha value is -2.38. The van der Waals surface area contributed by atoms with Crippen molar-refractivity contribution in [1.29, 1.82) is 0 Å². The van der Waals surface area contributed by atoms with Crippen LogP contribution in [0.25, 0.3) is 0 Å². The van der Waals surface area contributed by atoms with Gasteiger partial charge in [0, 0.05) is 30.5 Å². The number of nitrogens with one attached hydrogen (secondary N) is 1. The molecule has 1 N–H and O–H groups in total. The first-order valence-corrected chi connectivity index (χ1v) is 8.57. The van der Waals surface area contributed by atoms with Gasteiger partial charge in [-0.1, -0.05) is 11.2 Å². The van der Waals surface area contributed by atoms with E-state index in [0.717, 1.165) is 12.3 Å².